The molecule has 7 heteroatoms. The molecule has 0 saturated heterocycles. The Labute approximate surface area is 114 Å². The van der Waals surface area contributed by atoms with Crippen molar-refractivity contribution in [1.82, 2.24) is 25.0 Å². The van der Waals surface area contributed by atoms with Crippen molar-refractivity contribution in [1.29, 1.82) is 0 Å². The fraction of sp³-hybridized carbons (Fsp3) is 0.500. The number of hydrogen-bond acceptors (Lipinski definition) is 6. The monoisotopic (exact) mass is 277 g/mol. The van der Waals surface area contributed by atoms with Gasteiger partial charge in [-0.3, -0.25) is 0 Å². The summed E-state index contributed by atoms with van der Waals surface area (Å²) in [7, 11) is 0. The second-order valence-corrected chi connectivity index (χ2v) is 5.92. The molecule has 3 aromatic rings. The van der Waals surface area contributed by atoms with Gasteiger partial charge in [-0.05, 0) is 13.8 Å². The van der Waals surface area contributed by atoms with Gasteiger partial charge in [-0.25, -0.2) is 0 Å². The first-order valence-corrected chi connectivity index (χ1v) is 7.00. The Kier molecular flexibility index (Phi) is 2.85. The van der Waals surface area contributed by atoms with E-state index in [-0.39, 0.29) is 0 Å². The van der Waals surface area contributed by atoms with E-state index in [0.29, 0.717) is 5.92 Å². The van der Waals surface area contributed by atoms with E-state index in [2.05, 4.69) is 34.3 Å². The van der Waals surface area contributed by atoms with Gasteiger partial charge in [0.25, 0.3) is 0 Å². The van der Waals surface area contributed by atoms with E-state index in [9.17, 15) is 0 Å². The van der Waals surface area contributed by atoms with Crippen LogP contribution in [-0.4, -0.2) is 25.0 Å². The Morgan fingerprint density at radius 3 is 2.68 bits per heavy atom. The predicted octanol–water partition coefficient (Wildman–Crippen LogP) is 2.50. The smallest absolute Gasteiger partial charge is 0.234 e. The van der Waals surface area contributed by atoms with E-state index in [1.807, 2.05) is 18.4 Å². The highest BCUT2D eigenvalue weighted by molar-refractivity contribution is 7.16. The van der Waals surface area contributed by atoms with Crippen LogP contribution >= 0.6 is 11.3 Å². The number of nitrogens with zero attached hydrogens (tertiary/aromatic N) is 5. The van der Waals surface area contributed by atoms with Crippen molar-refractivity contribution >= 4 is 16.3 Å². The maximum atomic E-state index is 5.18. The zero-order valence-electron chi connectivity index (χ0n) is 11.3. The number of hydrogen-bond donors (Lipinski definition) is 0. The van der Waals surface area contributed by atoms with Gasteiger partial charge in [0.2, 0.25) is 4.96 Å². The molecule has 0 spiro atoms. The molecular weight excluding hydrogens is 262 g/mol. The summed E-state index contributed by atoms with van der Waals surface area (Å²) in [6.45, 7) is 8.05. The van der Waals surface area contributed by atoms with Crippen LogP contribution in [0.25, 0.3) is 4.96 Å². The molecule has 0 aliphatic rings. The van der Waals surface area contributed by atoms with Crippen LogP contribution in [0.15, 0.2) is 4.52 Å². The largest absolute Gasteiger partial charge is 0.361 e. The first-order chi connectivity index (χ1) is 9.06. The SMILES string of the molecule is Cc1noc(C)c1Cc1nn2c(C(C)C)nnc2s1. The Balaban J connectivity index is 1.98. The van der Waals surface area contributed by atoms with Gasteiger partial charge < -0.3 is 4.52 Å². The molecule has 0 saturated carbocycles. The number of aryl methyl sites for hydroxylation is 2. The highest BCUT2D eigenvalue weighted by atomic mass is 32.1. The lowest BCUT2D eigenvalue weighted by atomic mass is 10.1. The molecule has 100 valence electrons. The number of aromatic nitrogens is 5. The summed E-state index contributed by atoms with van der Waals surface area (Å²) >= 11 is 1.56. The molecule has 0 unspecified atom stereocenters. The fourth-order valence-electron chi connectivity index (χ4n) is 2.01. The van der Waals surface area contributed by atoms with Gasteiger partial charge in [-0.1, -0.05) is 30.3 Å². The van der Waals surface area contributed by atoms with Gasteiger partial charge >= 0.3 is 0 Å². The quantitative estimate of drug-likeness (QED) is 0.735. The highest BCUT2D eigenvalue weighted by Gasteiger charge is 2.17. The van der Waals surface area contributed by atoms with Crippen molar-refractivity contribution in [3.05, 3.63) is 27.8 Å². The minimum Gasteiger partial charge on any atom is -0.361 e. The molecule has 0 bridgehead atoms. The van der Waals surface area contributed by atoms with Crippen LogP contribution < -0.4 is 0 Å². The van der Waals surface area contributed by atoms with Crippen LogP contribution in [0.1, 0.15) is 47.6 Å². The number of rotatable bonds is 3. The van der Waals surface area contributed by atoms with E-state index in [4.69, 9.17) is 4.52 Å². The van der Waals surface area contributed by atoms with Crippen LogP contribution in [0, 0.1) is 13.8 Å². The van der Waals surface area contributed by atoms with Crippen molar-refractivity contribution in [3.63, 3.8) is 0 Å². The molecule has 19 heavy (non-hydrogen) atoms. The summed E-state index contributed by atoms with van der Waals surface area (Å²) in [5.41, 5.74) is 2.03. The van der Waals surface area contributed by atoms with Crippen LogP contribution in [0.5, 0.6) is 0 Å². The van der Waals surface area contributed by atoms with Crippen molar-refractivity contribution in [3.8, 4) is 0 Å². The maximum Gasteiger partial charge on any atom is 0.234 e. The minimum absolute atomic E-state index is 0.309. The van der Waals surface area contributed by atoms with Crippen molar-refractivity contribution in [2.45, 2.75) is 40.0 Å². The Morgan fingerprint density at radius 1 is 1.26 bits per heavy atom. The van der Waals surface area contributed by atoms with Crippen molar-refractivity contribution in [2.75, 3.05) is 0 Å². The van der Waals surface area contributed by atoms with Crippen LogP contribution in [0.3, 0.4) is 0 Å². The summed E-state index contributed by atoms with van der Waals surface area (Å²) in [4.78, 5) is 0.838. The van der Waals surface area contributed by atoms with Gasteiger partial charge in [0.1, 0.15) is 10.8 Å². The molecule has 3 heterocycles. The minimum atomic E-state index is 0.309. The second-order valence-electron chi connectivity index (χ2n) is 4.88. The third-order valence-electron chi connectivity index (χ3n) is 3.08. The van der Waals surface area contributed by atoms with E-state index in [0.717, 1.165) is 39.2 Å². The predicted molar refractivity (Wildman–Crippen MR) is 71.5 cm³/mol. The van der Waals surface area contributed by atoms with E-state index >= 15 is 0 Å². The highest BCUT2D eigenvalue weighted by Crippen LogP contribution is 2.23. The van der Waals surface area contributed by atoms with Crippen molar-refractivity contribution in [2.24, 2.45) is 0 Å². The molecule has 0 fully saturated rings. The van der Waals surface area contributed by atoms with Crippen LogP contribution in [0.4, 0.5) is 0 Å². The normalized spacial score (nSPS) is 11.8. The molecule has 0 amide bonds. The molecule has 0 aliphatic carbocycles. The lowest BCUT2D eigenvalue weighted by Crippen LogP contribution is -1.99. The van der Waals surface area contributed by atoms with Crippen LogP contribution in [0.2, 0.25) is 0 Å². The average molecular weight is 277 g/mol. The summed E-state index contributed by atoms with van der Waals surface area (Å²) < 4.78 is 7.01. The first kappa shape index (κ1) is 12.3. The Hall–Kier alpha value is -1.76. The lowest BCUT2D eigenvalue weighted by molar-refractivity contribution is 0.392. The Bertz CT molecular complexity index is 704. The molecule has 0 aromatic carbocycles. The molecule has 6 nitrogen and oxygen atoms in total. The van der Waals surface area contributed by atoms with Gasteiger partial charge in [0, 0.05) is 17.9 Å². The Morgan fingerprint density at radius 2 is 2.05 bits per heavy atom. The first-order valence-electron chi connectivity index (χ1n) is 6.19. The second kappa shape index (κ2) is 4.41. The molecule has 0 radical (unpaired) electrons. The summed E-state index contributed by atoms with van der Waals surface area (Å²) in [5, 5.41) is 17.9. The topological polar surface area (TPSA) is 69.1 Å². The van der Waals surface area contributed by atoms with Crippen LogP contribution in [-0.2, 0) is 6.42 Å². The van der Waals surface area contributed by atoms with E-state index < -0.39 is 0 Å². The zero-order valence-corrected chi connectivity index (χ0v) is 12.2. The number of fused-ring (bicyclic) bond motifs is 1. The van der Waals surface area contributed by atoms with E-state index in [1.54, 1.807) is 11.3 Å². The van der Waals surface area contributed by atoms with E-state index in [1.165, 1.54) is 0 Å². The molecule has 0 atom stereocenters. The molecule has 3 rings (SSSR count). The standard InChI is InChI=1S/C12H15N5OS/c1-6(2)11-13-14-12-17(11)15-10(19-12)5-9-7(3)16-18-8(9)4/h6H,5H2,1-4H3. The summed E-state index contributed by atoms with van der Waals surface area (Å²) in [6.07, 6.45) is 0.729. The van der Waals surface area contributed by atoms with Gasteiger partial charge in [-0.2, -0.15) is 9.61 Å². The van der Waals surface area contributed by atoms with Gasteiger partial charge in [0.05, 0.1) is 5.69 Å². The maximum absolute atomic E-state index is 5.18. The fourth-order valence-corrected chi connectivity index (χ4v) is 2.86. The van der Waals surface area contributed by atoms with Gasteiger partial charge in [-0.15, -0.1) is 10.2 Å². The van der Waals surface area contributed by atoms with Gasteiger partial charge in [0.15, 0.2) is 5.82 Å². The lowest BCUT2D eigenvalue weighted by Gasteiger charge is -1.98. The third-order valence-corrected chi connectivity index (χ3v) is 3.98. The summed E-state index contributed by atoms with van der Waals surface area (Å²) in [6, 6.07) is 0. The molecular formula is C12H15N5OS. The molecule has 3 aromatic heterocycles. The molecule has 0 N–H and O–H groups in total. The zero-order chi connectivity index (χ0) is 13.6. The van der Waals surface area contributed by atoms with Crippen molar-refractivity contribution < 1.29 is 4.52 Å². The molecule has 0 aliphatic heterocycles. The summed E-state index contributed by atoms with van der Waals surface area (Å²) in [5.74, 6) is 2.06. The third kappa shape index (κ3) is 2.03. The average Bonchev–Trinajstić information content (AvgIpc) is 2.98.